The van der Waals surface area contributed by atoms with Crippen LogP contribution in [-0.4, -0.2) is 40.4 Å². The molecule has 0 saturated carbocycles. The molecule has 2 radical (unpaired) electrons. The molecule has 0 aromatic rings. The van der Waals surface area contributed by atoms with Crippen LogP contribution in [0.2, 0.25) is 0 Å². The molecule has 0 aromatic heterocycles. The number of amides is 1. The second-order valence-electron chi connectivity index (χ2n) is 1.87. The molecule has 0 aliphatic carbocycles. The lowest BCUT2D eigenvalue weighted by Crippen LogP contribution is -2.16. The first-order valence-electron chi connectivity index (χ1n) is 2.76. The molecule has 0 unspecified atom stereocenters. The summed E-state index contributed by atoms with van der Waals surface area (Å²) >= 11 is 0. The van der Waals surface area contributed by atoms with E-state index in [0.717, 1.165) is 13.0 Å². The summed E-state index contributed by atoms with van der Waals surface area (Å²) in [5, 5.41) is 0. The van der Waals surface area contributed by atoms with Crippen molar-refractivity contribution in [1.29, 1.82) is 0 Å². The molecule has 1 heterocycles. The maximum Gasteiger partial charge on any atom is 0.226 e. The van der Waals surface area contributed by atoms with Gasteiger partial charge in [0, 0.05) is 36.0 Å². The fourth-order valence-corrected chi connectivity index (χ4v) is 0.862. The lowest BCUT2D eigenvalue weighted by molar-refractivity contribution is -0.125. The maximum absolute atomic E-state index is 10.7. The van der Waals surface area contributed by atoms with Crippen LogP contribution in [0.3, 0.4) is 0 Å². The van der Waals surface area contributed by atoms with Gasteiger partial charge in [-0.25, -0.2) is 0 Å². The van der Waals surface area contributed by atoms with Gasteiger partial charge in [-0.05, 0) is 12.6 Å². The Balaban J connectivity index is 0.000000640. The SMILES string of the molecule is C=CN1CCCC1=O.[Mg]. The van der Waals surface area contributed by atoms with Crippen molar-refractivity contribution in [2.45, 2.75) is 12.8 Å². The van der Waals surface area contributed by atoms with Gasteiger partial charge in [0.15, 0.2) is 0 Å². The zero-order valence-corrected chi connectivity index (χ0v) is 6.88. The summed E-state index contributed by atoms with van der Waals surface area (Å²) in [6.07, 6.45) is 3.28. The topological polar surface area (TPSA) is 20.3 Å². The molecule has 2 nitrogen and oxygen atoms in total. The Morgan fingerprint density at radius 1 is 1.67 bits per heavy atom. The number of likely N-dealkylation sites (tertiary alicyclic amines) is 1. The van der Waals surface area contributed by atoms with E-state index in [1.165, 1.54) is 0 Å². The average molecular weight is 135 g/mol. The quantitative estimate of drug-likeness (QED) is 0.476. The van der Waals surface area contributed by atoms with Crippen molar-refractivity contribution in [1.82, 2.24) is 4.90 Å². The van der Waals surface area contributed by atoms with Crippen LogP contribution in [0, 0.1) is 0 Å². The van der Waals surface area contributed by atoms with Gasteiger partial charge in [0.2, 0.25) is 5.91 Å². The van der Waals surface area contributed by atoms with E-state index in [-0.39, 0.29) is 29.0 Å². The van der Waals surface area contributed by atoms with E-state index < -0.39 is 0 Å². The second-order valence-corrected chi connectivity index (χ2v) is 1.87. The van der Waals surface area contributed by atoms with Gasteiger partial charge in [-0.3, -0.25) is 4.79 Å². The molecule has 1 aliphatic heterocycles. The fraction of sp³-hybridized carbons (Fsp3) is 0.500. The van der Waals surface area contributed by atoms with E-state index in [1.807, 2.05) is 0 Å². The minimum atomic E-state index is 0. The summed E-state index contributed by atoms with van der Waals surface area (Å²) in [5.74, 6) is 0.208. The van der Waals surface area contributed by atoms with E-state index in [9.17, 15) is 4.79 Å². The molecule has 1 aliphatic rings. The molecule has 1 fully saturated rings. The normalized spacial score (nSPS) is 17.3. The van der Waals surface area contributed by atoms with Crippen molar-refractivity contribution >= 4 is 29.0 Å². The molecule has 1 saturated heterocycles. The van der Waals surface area contributed by atoms with Crippen molar-refractivity contribution < 1.29 is 4.79 Å². The van der Waals surface area contributed by atoms with E-state index in [0.29, 0.717) is 6.42 Å². The third-order valence-electron chi connectivity index (χ3n) is 1.33. The van der Waals surface area contributed by atoms with Crippen molar-refractivity contribution in [2.75, 3.05) is 6.54 Å². The van der Waals surface area contributed by atoms with Gasteiger partial charge >= 0.3 is 0 Å². The summed E-state index contributed by atoms with van der Waals surface area (Å²) in [5.41, 5.74) is 0. The van der Waals surface area contributed by atoms with Crippen LogP contribution in [0.15, 0.2) is 12.8 Å². The number of rotatable bonds is 1. The third-order valence-corrected chi connectivity index (χ3v) is 1.33. The number of hydrogen-bond donors (Lipinski definition) is 0. The Morgan fingerprint density at radius 2 is 2.33 bits per heavy atom. The minimum absolute atomic E-state index is 0. The molecular weight excluding hydrogens is 126 g/mol. The van der Waals surface area contributed by atoms with E-state index in [1.54, 1.807) is 11.1 Å². The molecule has 0 aromatic carbocycles. The van der Waals surface area contributed by atoms with Crippen molar-refractivity contribution in [3.63, 3.8) is 0 Å². The Bertz CT molecular complexity index is 124. The maximum atomic E-state index is 10.7. The number of carbonyl (C=O) groups is 1. The van der Waals surface area contributed by atoms with Gasteiger partial charge in [-0.1, -0.05) is 6.58 Å². The predicted octanol–water partition coefficient (Wildman–Crippen LogP) is 0.371. The summed E-state index contributed by atoms with van der Waals surface area (Å²) in [7, 11) is 0. The smallest absolute Gasteiger partial charge is 0.226 e. The van der Waals surface area contributed by atoms with E-state index in [2.05, 4.69) is 6.58 Å². The van der Waals surface area contributed by atoms with Gasteiger partial charge in [0.1, 0.15) is 0 Å². The molecule has 0 bridgehead atoms. The second kappa shape index (κ2) is 3.90. The highest BCUT2D eigenvalue weighted by Gasteiger charge is 2.15. The van der Waals surface area contributed by atoms with E-state index >= 15 is 0 Å². The highest BCUT2D eigenvalue weighted by molar-refractivity contribution is 5.78. The van der Waals surface area contributed by atoms with Crippen molar-refractivity contribution in [2.24, 2.45) is 0 Å². The number of nitrogens with zero attached hydrogens (tertiary/aromatic N) is 1. The number of hydrogen-bond acceptors (Lipinski definition) is 1. The highest BCUT2D eigenvalue weighted by atomic mass is 24.3. The number of carbonyl (C=O) groups excluding carboxylic acids is 1. The van der Waals surface area contributed by atoms with Gasteiger partial charge in [-0.15, -0.1) is 0 Å². The Kier molecular flexibility index (Phi) is 3.89. The largest absolute Gasteiger partial charge is 0.320 e. The lowest BCUT2D eigenvalue weighted by Gasteiger charge is -2.05. The predicted molar refractivity (Wildman–Crippen MR) is 36.9 cm³/mol. The van der Waals surface area contributed by atoms with Crippen LogP contribution in [0.5, 0.6) is 0 Å². The fourth-order valence-electron chi connectivity index (χ4n) is 0.862. The minimum Gasteiger partial charge on any atom is -0.320 e. The molecule has 0 spiro atoms. The zero-order valence-electron chi connectivity index (χ0n) is 5.47. The van der Waals surface area contributed by atoms with Crippen LogP contribution in [0.1, 0.15) is 12.8 Å². The molecule has 0 N–H and O–H groups in total. The summed E-state index contributed by atoms with van der Waals surface area (Å²) in [6.45, 7) is 4.36. The molecule has 0 atom stereocenters. The first kappa shape index (κ1) is 8.98. The van der Waals surface area contributed by atoms with Crippen LogP contribution in [0.25, 0.3) is 0 Å². The first-order chi connectivity index (χ1) is 3.84. The summed E-state index contributed by atoms with van der Waals surface area (Å²) < 4.78 is 0. The molecule has 9 heavy (non-hydrogen) atoms. The first-order valence-corrected chi connectivity index (χ1v) is 2.76. The highest BCUT2D eigenvalue weighted by Crippen LogP contribution is 2.08. The van der Waals surface area contributed by atoms with Crippen LogP contribution in [0.4, 0.5) is 0 Å². The third kappa shape index (κ3) is 1.99. The van der Waals surface area contributed by atoms with Crippen LogP contribution >= 0.6 is 0 Å². The van der Waals surface area contributed by atoms with Gasteiger partial charge < -0.3 is 4.90 Å². The molecule has 3 heteroatoms. The van der Waals surface area contributed by atoms with Crippen LogP contribution in [-0.2, 0) is 4.79 Å². The standard InChI is InChI=1S/C6H9NO.Mg/c1-2-7-5-3-4-6(7)8;/h2H,1,3-5H2;. The van der Waals surface area contributed by atoms with E-state index in [4.69, 9.17) is 0 Å². The molecule has 1 amide bonds. The summed E-state index contributed by atoms with van der Waals surface area (Å²) in [4.78, 5) is 12.3. The average Bonchev–Trinajstić information content (AvgIpc) is 2.14. The van der Waals surface area contributed by atoms with Crippen molar-refractivity contribution in [3.05, 3.63) is 12.8 Å². The molecule has 1 rings (SSSR count). The molecular formula is C6H9MgNO. The Morgan fingerprint density at radius 3 is 2.56 bits per heavy atom. The van der Waals surface area contributed by atoms with Gasteiger partial charge in [0.05, 0.1) is 0 Å². The Hall–Kier alpha value is -0.0238. The lowest BCUT2D eigenvalue weighted by atomic mass is 10.4. The van der Waals surface area contributed by atoms with Gasteiger partial charge in [0.25, 0.3) is 0 Å². The Labute approximate surface area is 71.1 Å². The van der Waals surface area contributed by atoms with Crippen molar-refractivity contribution in [3.8, 4) is 0 Å². The zero-order chi connectivity index (χ0) is 5.98. The van der Waals surface area contributed by atoms with Gasteiger partial charge in [-0.2, -0.15) is 0 Å². The van der Waals surface area contributed by atoms with Crippen LogP contribution < -0.4 is 0 Å². The summed E-state index contributed by atoms with van der Waals surface area (Å²) in [6, 6.07) is 0. The molecule has 46 valence electrons. The monoisotopic (exact) mass is 135 g/mol.